The van der Waals surface area contributed by atoms with Gasteiger partial charge in [-0.15, -0.1) is 0 Å². The van der Waals surface area contributed by atoms with Crippen molar-refractivity contribution in [1.82, 2.24) is 5.32 Å². The summed E-state index contributed by atoms with van der Waals surface area (Å²) in [5.74, 6) is 0.613. The number of esters is 1. The summed E-state index contributed by atoms with van der Waals surface area (Å²) in [5, 5.41) is 3.76. The van der Waals surface area contributed by atoms with Crippen molar-refractivity contribution in [1.29, 1.82) is 0 Å². The van der Waals surface area contributed by atoms with E-state index in [0.29, 0.717) is 18.8 Å². The van der Waals surface area contributed by atoms with Gasteiger partial charge in [0.15, 0.2) is 6.61 Å². The van der Waals surface area contributed by atoms with Crippen molar-refractivity contribution >= 4 is 22.8 Å². The minimum atomic E-state index is -0.428. The first kappa shape index (κ1) is 20.5. The Labute approximate surface area is 169 Å². The Morgan fingerprint density at radius 1 is 1.10 bits per heavy atom. The van der Waals surface area contributed by atoms with Crippen molar-refractivity contribution < 1.29 is 23.5 Å². The van der Waals surface area contributed by atoms with Gasteiger partial charge >= 0.3 is 5.97 Å². The number of rotatable bonds is 9. The molecule has 0 saturated heterocycles. The molecule has 0 saturated carbocycles. The predicted octanol–water partition coefficient (Wildman–Crippen LogP) is 4.18. The molecule has 1 N–H and O–H groups in total. The molecule has 29 heavy (non-hydrogen) atoms. The lowest BCUT2D eigenvalue weighted by Crippen LogP contribution is -2.31. The first-order valence-corrected chi connectivity index (χ1v) is 9.71. The Hall–Kier alpha value is -3.28. The highest BCUT2D eigenvalue weighted by Crippen LogP contribution is 2.23. The van der Waals surface area contributed by atoms with Crippen molar-refractivity contribution in [3.05, 3.63) is 65.9 Å². The highest BCUT2D eigenvalue weighted by Gasteiger charge is 2.16. The van der Waals surface area contributed by atoms with Gasteiger partial charge in [-0.3, -0.25) is 9.59 Å². The van der Waals surface area contributed by atoms with Crippen LogP contribution in [0.2, 0.25) is 0 Å². The number of para-hydroxylation sites is 2. The minimum absolute atomic E-state index is 0.177. The van der Waals surface area contributed by atoms with E-state index in [-0.39, 0.29) is 25.0 Å². The van der Waals surface area contributed by atoms with Crippen LogP contribution in [0.25, 0.3) is 11.0 Å². The molecule has 152 valence electrons. The zero-order valence-electron chi connectivity index (χ0n) is 16.6. The van der Waals surface area contributed by atoms with Crippen LogP contribution in [0.15, 0.2) is 59.0 Å². The van der Waals surface area contributed by atoms with Gasteiger partial charge < -0.3 is 19.2 Å². The molecule has 6 heteroatoms. The molecule has 1 heterocycles. The van der Waals surface area contributed by atoms with E-state index < -0.39 is 5.97 Å². The Morgan fingerprint density at radius 3 is 2.66 bits per heavy atom. The first-order valence-electron chi connectivity index (χ1n) is 9.71. The number of amides is 1. The van der Waals surface area contributed by atoms with Gasteiger partial charge in [0.2, 0.25) is 0 Å². The van der Waals surface area contributed by atoms with Crippen LogP contribution in [0.5, 0.6) is 5.75 Å². The van der Waals surface area contributed by atoms with Crippen LogP contribution in [-0.4, -0.2) is 25.1 Å². The summed E-state index contributed by atoms with van der Waals surface area (Å²) < 4.78 is 16.4. The van der Waals surface area contributed by atoms with Crippen LogP contribution >= 0.6 is 0 Å². The van der Waals surface area contributed by atoms with Crippen LogP contribution in [0.3, 0.4) is 0 Å². The zero-order valence-corrected chi connectivity index (χ0v) is 16.6. The number of carbonyl (C=O) groups is 2. The van der Waals surface area contributed by atoms with E-state index >= 15 is 0 Å². The fraction of sp³-hybridized carbons (Fsp3) is 0.304. The van der Waals surface area contributed by atoms with Crippen LogP contribution in [-0.2, 0) is 20.7 Å². The second-order valence-electron chi connectivity index (χ2n) is 6.68. The molecule has 1 aromatic heterocycles. The molecule has 0 bridgehead atoms. The lowest BCUT2D eigenvalue weighted by molar-refractivity contribution is -0.148. The molecule has 0 fully saturated rings. The summed E-state index contributed by atoms with van der Waals surface area (Å²) in [5.41, 5.74) is 1.71. The SMILES string of the molecule is CCOc1ccccc1CCC(=O)OCC(=O)N[C@H](C)c1cc2ccccc2o1. The molecule has 6 nitrogen and oxygen atoms in total. The summed E-state index contributed by atoms with van der Waals surface area (Å²) in [6.45, 7) is 3.97. The zero-order chi connectivity index (χ0) is 20.6. The Morgan fingerprint density at radius 2 is 1.86 bits per heavy atom. The number of hydrogen-bond donors (Lipinski definition) is 1. The monoisotopic (exact) mass is 395 g/mol. The standard InChI is InChI=1S/C23H25NO5/c1-3-27-19-10-6-4-8-17(19)12-13-23(26)28-15-22(25)24-16(2)21-14-18-9-5-7-11-20(18)29-21/h4-11,14,16H,3,12-13,15H2,1-2H3,(H,24,25)/t16-/m1/s1. The molecule has 3 rings (SSSR count). The lowest BCUT2D eigenvalue weighted by atomic mass is 10.1. The van der Waals surface area contributed by atoms with Crippen molar-refractivity contribution in [3.8, 4) is 5.75 Å². The highest BCUT2D eigenvalue weighted by molar-refractivity contribution is 5.81. The molecule has 0 aliphatic carbocycles. The maximum Gasteiger partial charge on any atom is 0.306 e. The van der Waals surface area contributed by atoms with Gasteiger partial charge in [0.1, 0.15) is 17.1 Å². The van der Waals surface area contributed by atoms with E-state index in [4.69, 9.17) is 13.9 Å². The maximum absolute atomic E-state index is 12.1. The van der Waals surface area contributed by atoms with Crippen LogP contribution in [0.1, 0.15) is 37.6 Å². The fourth-order valence-electron chi connectivity index (χ4n) is 3.03. The number of furan rings is 1. The Balaban J connectivity index is 1.44. The number of fused-ring (bicyclic) bond motifs is 1. The quantitative estimate of drug-likeness (QED) is 0.550. The molecule has 1 amide bonds. The largest absolute Gasteiger partial charge is 0.494 e. The number of aryl methyl sites for hydroxylation is 1. The van der Waals surface area contributed by atoms with E-state index in [0.717, 1.165) is 22.3 Å². The van der Waals surface area contributed by atoms with E-state index in [1.807, 2.05) is 68.4 Å². The molecule has 3 aromatic rings. The summed E-state index contributed by atoms with van der Waals surface area (Å²) in [7, 11) is 0. The topological polar surface area (TPSA) is 77.8 Å². The second kappa shape index (κ2) is 9.78. The lowest BCUT2D eigenvalue weighted by Gasteiger charge is -2.12. The summed E-state index contributed by atoms with van der Waals surface area (Å²) in [6, 6.07) is 16.8. The second-order valence-corrected chi connectivity index (χ2v) is 6.68. The van der Waals surface area contributed by atoms with Gasteiger partial charge in [0.25, 0.3) is 5.91 Å². The Kier molecular flexibility index (Phi) is 6.89. The van der Waals surface area contributed by atoms with E-state index in [1.165, 1.54) is 0 Å². The molecule has 0 aliphatic heterocycles. The van der Waals surface area contributed by atoms with Gasteiger partial charge in [0, 0.05) is 11.8 Å². The van der Waals surface area contributed by atoms with Crippen LogP contribution in [0.4, 0.5) is 0 Å². The number of nitrogens with one attached hydrogen (secondary N) is 1. The molecular weight excluding hydrogens is 370 g/mol. The van der Waals surface area contributed by atoms with Crippen molar-refractivity contribution in [2.45, 2.75) is 32.7 Å². The van der Waals surface area contributed by atoms with Crippen LogP contribution in [0, 0.1) is 0 Å². The number of carbonyl (C=O) groups excluding carboxylic acids is 2. The third kappa shape index (κ3) is 5.60. The third-order valence-electron chi connectivity index (χ3n) is 4.48. The van der Waals surface area contributed by atoms with Crippen molar-refractivity contribution in [2.75, 3.05) is 13.2 Å². The molecule has 1 atom stereocenters. The Bertz CT molecular complexity index is 945. The van der Waals surface area contributed by atoms with Crippen LogP contribution < -0.4 is 10.1 Å². The molecule has 0 spiro atoms. The normalized spacial score (nSPS) is 11.8. The highest BCUT2D eigenvalue weighted by atomic mass is 16.5. The van der Waals surface area contributed by atoms with Gasteiger partial charge in [-0.2, -0.15) is 0 Å². The molecule has 0 unspecified atom stereocenters. The van der Waals surface area contributed by atoms with Crippen molar-refractivity contribution in [3.63, 3.8) is 0 Å². The van der Waals surface area contributed by atoms with Gasteiger partial charge in [-0.05, 0) is 44.0 Å². The van der Waals surface area contributed by atoms with E-state index in [9.17, 15) is 9.59 Å². The van der Waals surface area contributed by atoms with E-state index in [2.05, 4.69) is 5.32 Å². The fourth-order valence-corrected chi connectivity index (χ4v) is 3.03. The van der Waals surface area contributed by atoms with Gasteiger partial charge in [-0.25, -0.2) is 0 Å². The average molecular weight is 395 g/mol. The van der Waals surface area contributed by atoms with Crippen molar-refractivity contribution in [2.24, 2.45) is 0 Å². The third-order valence-corrected chi connectivity index (χ3v) is 4.48. The first-order chi connectivity index (χ1) is 14.1. The smallest absolute Gasteiger partial charge is 0.306 e. The maximum atomic E-state index is 12.1. The molecule has 0 aliphatic rings. The van der Waals surface area contributed by atoms with E-state index in [1.54, 1.807) is 0 Å². The minimum Gasteiger partial charge on any atom is -0.494 e. The summed E-state index contributed by atoms with van der Waals surface area (Å²) in [4.78, 5) is 24.1. The average Bonchev–Trinajstić information content (AvgIpc) is 3.16. The number of hydrogen-bond acceptors (Lipinski definition) is 5. The molecular formula is C23H25NO5. The van der Waals surface area contributed by atoms with Gasteiger partial charge in [0.05, 0.1) is 12.6 Å². The van der Waals surface area contributed by atoms with Gasteiger partial charge in [-0.1, -0.05) is 36.4 Å². The number of benzene rings is 2. The molecule has 2 aromatic carbocycles. The summed E-state index contributed by atoms with van der Waals surface area (Å²) in [6.07, 6.45) is 0.669. The summed E-state index contributed by atoms with van der Waals surface area (Å²) >= 11 is 0. The number of ether oxygens (including phenoxy) is 2. The molecule has 0 radical (unpaired) electrons. The predicted molar refractivity (Wildman–Crippen MR) is 110 cm³/mol.